The molecule has 1 aliphatic rings. The lowest BCUT2D eigenvalue weighted by atomic mass is 10.0. The molecule has 0 unspecified atom stereocenters. The van der Waals surface area contributed by atoms with E-state index in [-0.39, 0.29) is 6.04 Å². The molecule has 0 spiro atoms. The van der Waals surface area contributed by atoms with Crippen molar-refractivity contribution >= 4 is 0 Å². The highest BCUT2D eigenvalue weighted by molar-refractivity contribution is 4.86. The summed E-state index contributed by atoms with van der Waals surface area (Å²) in [5.41, 5.74) is 3.38. The molecule has 0 aromatic carbocycles. The largest absolute Gasteiger partial charge is 0.384 e. The second-order valence-corrected chi connectivity index (χ2v) is 2.95. The minimum Gasteiger partial charge on any atom is -0.384 e. The second-order valence-electron chi connectivity index (χ2n) is 2.95. The van der Waals surface area contributed by atoms with Crippen LogP contribution in [0.3, 0.4) is 0 Å². The van der Waals surface area contributed by atoms with Gasteiger partial charge in [-0.05, 0) is 19.8 Å². The van der Waals surface area contributed by atoms with Crippen LogP contribution in [0.2, 0.25) is 0 Å². The van der Waals surface area contributed by atoms with Crippen molar-refractivity contribution in [1.29, 1.82) is 0 Å². The Labute approximate surface area is 49.7 Å². The predicted molar refractivity (Wildman–Crippen MR) is 31.2 cm³/mol. The first kappa shape index (κ1) is 6.05. The van der Waals surface area contributed by atoms with Crippen molar-refractivity contribution in [3.63, 3.8) is 0 Å². The molecule has 4 N–H and O–H groups in total. The normalized spacial score (nSPS) is 47.6. The van der Waals surface area contributed by atoms with Crippen LogP contribution in [-0.4, -0.2) is 16.7 Å². The molecule has 0 radical (unpaired) electrons. The SMILES string of the molecule is C[C@@]1(O)CCC[C@H]1[NH3+]. The summed E-state index contributed by atoms with van der Waals surface area (Å²) in [5, 5.41) is 9.40. The molecule has 48 valence electrons. The Morgan fingerprint density at radius 1 is 1.75 bits per heavy atom. The highest BCUT2D eigenvalue weighted by atomic mass is 16.3. The molecule has 0 aromatic heterocycles. The third-order valence-corrected chi connectivity index (χ3v) is 2.12. The van der Waals surface area contributed by atoms with E-state index in [0.717, 1.165) is 19.3 Å². The van der Waals surface area contributed by atoms with Crippen molar-refractivity contribution in [3.8, 4) is 0 Å². The molecule has 0 heterocycles. The van der Waals surface area contributed by atoms with Crippen molar-refractivity contribution in [2.24, 2.45) is 0 Å². The van der Waals surface area contributed by atoms with Crippen LogP contribution in [0.15, 0.2) is 0 Å². The van der Waals surface area contributed by atoms with Crippen molar-refractivity contribution in [3.05, 3.63) is 0 Å². The monoisotopic (exact) mass is 116 g/mol. The third kappa shape index (κ3) is 0.858. The number of rotatable bonds is 0. The predicted octanol–water partition coefficient (Wildman–Crippen LogP) is -0.468. The maximum absolute atomic E-state index is 9.40. The maximum atomic E-state index is 9.40. The Bertz CT molecular complexity index is 90.5. The van der Waals surface area contributed by atoms with E-state index in [9.17, 15) is 5.11 Å². The van der Waals surface area contributed by atoms with Crippen LogP contribution in [0.4, 0.5) is 0 Å². The van der Waals surface area contributed by atoms with Gasteiger partial charge in [-0.2, -0.15) is 0 Å². The molecular formula is C6H14NO+. The highest BCUT2D eigenvalue weighted by Crippen LogP contribution is 2.26. The average molecular weight is 116 g/mol. The van der Waals surface area contributed by atoms with Crippen molar-refractivity contribution in [1.82, 2.24) is 0 Å². The number of aliphatic hydroxyl groups is 1. The van der Waals surface area contributed by atoms with Gasteiger partial charge in [0.1, 0.15) is 11.6 Å². The van der Waals surface area contributed by atoms with Gasteiger partial charge in [-0.25, -0.2) is 0 Å². The Balaban J connectivity index is 2.54. The molecular weight excluding hydrogens is 102 g/mol. The Hall–Kier alpha value is -0.0800. The molecule has 2 atom stereocenters. The third-order valence-electron chi connectivity index (χ3n) is 2.12. The van der Waals surface area contributed by atoms with Gasteiger partial charge in [0, 0.05) is 6.42 Å². The molecule has 8 heavy (non-hydrogen) atoms. The Morgan fingerprint density at radius 2 is 2.38 bits per heavy atom. The minimum atomic E-state index is -0.458. The van der Waals surface area contributed by atoms with E-state index in [1.165, 1.54) is 0 Å². The summed E-state index contributed by atoms with van der Waals surface area (Å²) in [6.45, 7) is 1.87. The van der Waals surface area contributed by atoms with Gasteiger partial charge in [-0.3, -0.25) is 0 Å². The fourth-order valence-electron chi connectivity index (χ4n) is 1.22. The maximum Gasteiger partial charge on any atom is 0.113 e. The van der Waals surface area contributed by atoms with Crippen LogP contribution in [-0.2, 0) is 0 Å². The van der Waals surface area contributed by atoms with E-state index in [1.807, 2.05) is 6.92 Å². The lowest BCUT2D eigenvalue weighted by molar-refractivity contribution is -0.445. The van der Waals surface area contributed by atoms with Crippen LogP contribution < -0.4 is 5.73 Å². The molecule has 0 aromatic rings. The zero-order valence-electron chi connectivity index (χ0n) is 5.35. The molecule has 0 bridgehead atoms. The van der Waals surface area contributed by atoms with E-state index in [1.54, 1.807) is 0 Å². The summed E-state index contributed by atoms with van der Waals surface area (Å²) in [7, 11) is 0. The summed E-state index contributed by atoms with van der Waals surface area (Å²) in [6, 6.07) is 0.266. The van der Waals surface area contributed by atoms with E-state index in [2.05, 4.69) is 5.73 Å². The zero-order chi connectivity index (χ0) is 6.20. The van der Waals surface area contributed by atoms with Crippen LogP contribution in [0.1, 0.15) is 26.2 Å². The van der Waals surface area contributed by atoms with Gasteiger partial charge in [-0.1, -0.05) is 0 Å². The number of hydrogen-bond acceptors (Lipinski definition) is 1. The number of quaternary nitrogens is 1. The quantitative estimate of drug-likeness (QED) is 0.441. The van der Waals surface area contributed by atoms with Gasteiger partial charge >= 0.3 is 0 Å². The first-order valence-electron chi connectivity index (χ1n) is 3.18. The molecule has 1 rings (SSSR count). The molecule has 1 aliphatic carbocycles. The standard InChI is InChI=1S/C6H13NO/c1-6(8)4-2-3-5(6)7/h5,8H,2-4,7H2,1H3/p+1/t5-,6-/m1/s1. The molecule has 0 aliphatic heterocycles. The first-order chi connectivity index (χ1) is 3.63. The smallest absolute Gasteiger partial charge is 0.113 e. The van der Waals surface area contributed by atoms with Crippen LogP contribution in [0.25, 0.3) is 0 Å². The van der Waals surface area contributed by atoms with Crippen molar-refractivity contribution in [2.45, 2.75) is 37.8 Å². The van der Waals surface area contributed by atoms with Crippen LogP contribution in [0, 0.1) is 0 Å². The fraction of sp³-hybridized carbons (Fsp3) is 1.00. The van der Waals surface area contributed by atoms with Gasteiger partial charge in [0.05, 0.1) is 0 Å². The topological polar surface area (TPSA) is 47.9 Å². The Kier molecular flexibility index (Phi) is 1.29. The van der Waals surface area contributed by atoms with Crippen LogP contribution >= 0.6 is 0 Å². The van der Waals surface area contributed by atoms with Gasteiger partial charge < -0.3 is 10.8 Å². The molecule has 1 fully saturated rings. The summed E-state index contributed by atoms with van der Waals surface area (Å²) >= 11 is 0. The highest BCUT2D eigenvalue weighted by Gasteiger charge is 2.36. The van der Waals surface area contributed by atoms with Crippen molar-refractivity contribution in [2.75, 3.05) is 0 Å². The van der Waals surface area contributed by atoms with E-state index >= 15 is 0 Å². The summed E-state index contributed by atoms with van der Waals surface area (Å²) < 4.78 is 0. The van der Waals surface area contributed by atoms with Gasteiger partial charge in [0.15, 0.2) is 0 Å². The second kappa shape index (κ2) is 1.71. The zero-order valence-corrected chi connectivity index (χ0v) is 5.35. The van der Waals surface area contributed by atoms with Crippen LogP contribution in [0.5, 0.6) is 0 Å². The van der Waals surface area contributed by atoms with Gasteiger partial charge in [0.25, 0.3) is 0 Å². The Morgan fingerprint density at radius 3 is 2.50 bits per heavy atom. The molecule has 2 heteroatoms. The van der Waals surface area contributed by atoms with E-state index in [4.69, 9.17) is 0 Å². The van der Waals surface area contributed by atoms with Gasteiger partial charge in [0.2, 0.25) is 0 Å². The lowest BCUT2D eigenvalue weighted by Gasteiger charge is -2.17. The van der Waals surface area contributed by atoms with Gasteiger partial charge in [-0.15, -0.1) is 0 Å². The molecule has 0 amide bonds. The summed E-state index contributed by atoms with van der Waals surface area (Å²) in [6.07, 6.45) is 3.16. The molecule has 2 nitrogen and oxygen atoms in total. The number of hydrogen-bond donors (Lipinski definition) is 2. The molecule has 1 saturated carbocycles. The minimum absolute atomic E-state index is 0.266. The summed E-state index contributed by atoms with van der Waals surface area (Å²) in [5.74, 6) is 0. The summed E-state index contributed by atoms with van der Waals surface area (Å²) in [4.78, 5) is 0. The average Bonchev–Trinajstić information content (AvgIpc) is 1.86. The van der Waals surface area contributed by atoms with E-state index < -0.39 is 5.60 Å². The molecule has 0 saturated heterocycles. The van der Waals surface area contributed by atoms with E-state index in [0.29, 0.717) is 0 Å². The first-order valence-corrected chi connectivity index (χ1v) is 3.18. The lowest BCUT2D eigenvalue weighted by Crippen LogP contribution is -2.68. The fourth-order valence-corrected chi connectivity index (χ4v) is 1.22. The van der Waals surface area contributed by atoms with Crippen molar-refractivity contribution < 1.29 is 10.8 Å².